The van der Waals surface area contributed by atoms with Gasteiger partial charge >= 0.3 is 0 Å². The van der Waals surface area contributed by atoms with E-state index < -0.39 is 10.0 Å². The van der Waals surface area contributed by atoms with Crippen molar-refractivity contribution in [1.29, 1.82) is 0 Å². The third-order valence-corrected chi connectivity index (χ3v) is 5.53. The van der Waals surface area contributed by atoms with Crippen molar-refractivity contribution in [2.45, 2.75) is 46.0 Å². The molecular weight excluding hydrogens is 330 g/mol. The van der Waals surface area contributed by atoms with Crippen LogP contribution in [-0.4, -0.2) is 57.0 Å². The minimum Gasteiger partial charge on any atom is -0.356 e. The molecule has 0 aromatic heterocycles. The van der Waals surface area contributed by atoms with Crippen molar-refractivity contribution in [3.05, 3.63) is 0 Å². The van der Waals surface area contributed by atoms with Gasteiger partial charge in [0, 0.05) is 38.5 Å². The van der Waals surface area contributed by atoms with Crippen LogP contribution in [0.3, 0.4) is 0 Å². The summed E-state index contributed by atoms with van der Waals surface area (Å²) >= 11 is 0. The first-order valence-electron chi connectivity index (χ1n) is 8.69. The molecule has 0 saturated carbocycles. The summed E-state index contributed by atoms with van der Waals surface area (Å²) in [5.74, 6) is 0.150. The average Bonchev–Trinajstić information content (AvgIpc) is 2.50. The summed E-state index contributed by atoms with van der Waals surface area (Å²) < 4.78 is 24.9. The van der Waals surface area contributed by atoms with E-state index in [0.717, 1.165) is 12.7 Å². The molecule has 0 radical (unpaired) electrons. The van der Waals surface area contributed by atoms with Crippen molar-refractivity contribution in [3.8, 4) is 0 Å². The first-order valence-corrected chi connectivity index (χ1v) is 10.5. The highest BCUT2D eigenvalue weighted by atomic mass is 32.2. The molecule has 140 valence electrons. The number of carbonyl (C=O) groups excluding carboxylic acids is 2. The summed E-state index contributed by atoms with van der Waals surface area (Å²) in [5, 5.41) is 5.72. The topological polar surface area (TPSA) is 95.6 Å². The van der Waals surface area contributed by atoms with E-state index in [-0.39, 0.29) is 30.7 Å². The standard InChI is InChI=1S/C16H31N3O4S/c1-13(2)6-9-18-16(21)14-5-4-11-19(24(3,22)23)12-8-15(20)17-10-7-14/h13-14H,4-12H2,1-3H3,(H,17,20)(H,18,21). The first kappa shape index (κ1) is 20.9. The van der Waals surface area contributed by atoms with Gasteiger partial charge < -0.3 is 10.6 Å². The maximum absolute atomic E-state index is 12.3. The van der Waals surface area contributed by atoms with Gasteiger partial charge in [0.2, 0.25) is 21.8 Å². The molecule has 1 heterocycles. The highest BCUT2D eigenvalue weighted by Gasteiger charge is 2.23. The van der Waals surface area contributed by atoms with Crippen LogP contribution >= 0.6 is 0 Å². The second-order valence-corrected chi connectivity index (χ2v) is 8.85. The maximum Gasteiger partial charge on any atom is 0.223 e. The Morgan fingerprint density at radius 1 is 1.33 bits per heavy atom. The molecular formula is C16H31N3O4S. The van der Waals surface area contributed by atoms with E-state index in [4.69, 9.17) is 0 Å². The van der Waals surface area contributed by atoms with Gasteiger partial charge in [0.05, 0.1) is 6.26 Å². The zero-order valence-electron chi connectivity index (χ0n) is 15.0. The highest BCUT2D eigenvalue weighted by molar-refractivity contribution is 7.88. The number of carbonyl (C=O) groups is 2. The molecule has 1 rings (SSSR count). The van der Waals surface area contributed by atoms with Crippen LogP contribution in [0.2, 0.25) is 0 Å². The zero-order chi connectivity index (χ0) is 18.2. The smallest absolute Gasteiger partial charge is 0.223 e. The molecule has 1 saturated heterocycles. The van der Waals surface area contributed by atoms with Crippen molar-refractivity contribution in [1.82, 2.24) is 14.9 Å². The van der Waals surface area contributed by atoms with E-state index in [1.807, 2.05) is 0 Å². The Morgan fingerprint density at radius 3 is 2.67 bits per heavy atom. The monoisotopic (exact) mass is 361 g/mol. The van der Waals surface area contributed by atoms with E-state index in [2.05, 4.69) is 24.5 Å². The van der Waals surface area contributed by atoms with Crippen LogP contribution in [0.4, 0.5) is 0 Å². The molecule has 24 heavy (non-hydrogen) atoms. The average molecular weight is 362 g/mol. The largest absolute Gasteiger partial charge is 0.356 e. The maximum atomic E-state index is 12.3. The molecule has 0 aromatic carbocycles. The predicted octanol–water partition coefficient (Wildman–Crippen LogP) is 0.717. The van der Waals surface area contributed by atoms with Crippen LogP contribution in [0.25, 0.3) is 0 Å². The lowest BCUT2D eigenvalue weighted by molar-refractivity contribution is -0.126. The Bertz CT molecular complexity index is 519. The molecule has 8 heteroatoms. The van der Waals surface area contributed by atoms with E-state index in [0.29, 0.717) is 44.8 Å². The molecule has 0 aliphatic carbocycles. The van der Waals surface area contributed by atoms with Gasteiger partial charge in [0.1, 0.15) is 0 Å². The first-order chi connectivity index (χ1) is 11.2. The second-order valence-electron chi connectivity index (χ2n) is 6.86. The van der Waals surface area contributed by atoms with Crippen molar-refractivity contribution < 1.29 is 18.0 Å². The fraction of sp³-hybridized carbons (Fsp3) is 0.875. The third kappa shape index (κ3) is 8.10. The summed E-state index contributed by atoms with van der Waals surface area (Å²) in [6.45, 7) is 5.84. The molecule has 2 amide bonds. The molecule has 1 fully saturated rings. The van der Waals surface area contributed by atoms with Crippen molar-refractivity contribution >= 4 is 21.8 Å². The Balaban J connectivity index is 2.64. The van der Waals surface area contributed by atoms with Crippen LogP contribution in [0.15, 0.2) is 0 Å². The SMILES string of the molecule is CC(C)CCNC(=O)C1CCCN(S(C)(=O)=O)CCC(=O)NCC1. The molecule has 1 atom stereocenters. The number of hydrogen-bond acceptors (Lipinski definition) is 4. The van der Waals surface area contributed by atoms with Gasteiger partial charge in [-0.15, -0.1) is 0 Å². The molecule has 1 unspecified atom stereocenters. The lowest BCUT2D eigenvalue weighted by atomic mass is 9.98. The number of sulfonamides is 1. The van der Waals surface area contributed by atoms with Crippen LogP contribution < -0.4 is 10.6 Å². The van der Waals surface area contributed by atoms with Crippen molar-refractivity contribution in [3.63, 3.8) is 0 Å². The predicted molar refractivity (Wildman–Crippen MR) is 93.8 cm³/mol. The zero-order valence-corrected chi connectivity index (χ0v) is 15.8. The Kier molecular flexibility index (Phi) is 8.69. The fourth-order valence-corrected chi connectivity index (χ4v) is 3.58. The van der Waals surface area contributed by atoms with Crippen LogP contribution in [0.5, 0.6) is 0 Å². The van der Waals surface area contributed by atoms with Gasteiger partial charge in [-0.1, -0.05) is 13.8 Å². The molecule has 0 bridgehead atoms. The van der Waals surface area contributed by atoms with Gasteiger partial charge in [-0.05, 0) is 31.6 Å². The minimum atomic E-state index is -3.34. The summed E-state index contributed by atoms with van der Waals surface area (Å²) in [5.41, 5.74) is 0. The summed E-state index contributed by atoms with van der Waals surface area (Å²) in [6.07, 6.45) is 4.05. The number of rotatable bonds is 5. The number of amides is 2. The number of nitrogens with one attached hydrogen (secondary N) is 2. The molecule has 0 aromatic rings. The summed E-state index contributed by atoms with van der Waals surface area (Å²) in [6, 6.07) is 0. The second kappa shape index (κ2) is 9.98. The Hall–Kier alpha value is -1.15. The number of hydrogen-bond donors (Lipinski definition) is 2. The van der Waals surface area contributed by atoms with Gasteiger partial charge in [-0.3, -0.25) is 9.59 Å². The number of nitrogens with zero attached hydrogens (tertiary/aromatic N) is 1. The van der Waals surface area contributed by atoms with Gasteiger partial charge in [-0.2, -0.15) is 0 Å². The third-order valence-electron chi connectivity index (χ3n) is 4.22. The van der Waals surface area contributed by atoms with Gasteiger partial charge in [-0.25, -0.2) is 12.7 Å². The van der Waals surface area contributed by atoms with Crippen molar-refractivity contribution in [2.24, 2.45) is 11.8 Å². The summed E-state index contributed by atoms with van der Waals surface area (Å²) in [4.78, 5) is 24.1. The lowest BCUT2D eigenvalue weighted by Gasteiger charge is -2.20. The van der Waals surface area contributed by atoms with E-state index in [1.54, 1.807) is 0 Å². The molecule has 0 spiro atoms. The molecule has 1 aliphatic heterocycles. The Morgan fingerprint density at radius 2 is 2.04 bits per heavy atom. The van der Waals surface area contributed by atoms with E-state index in [1.165, 1.54) is 4.31 Å². The quantitative estimate of drug-likeness (QED) is 0.754. The molecule has 2 N–H and O–H groups in total. The van der Waals surface area contributed by atoms with Gasteiger partial charge in [0.25, 0.3) is 0 Å². The Labute approximate surface area is 145 Å². The fourth-order valence-electron chi connectivity index (χ4n) is 2.69. The van der Waals surface area contributed by atoms with Crippen LogP contribution in [-0.2, 0) is 19.6 Å². The van der Waals surface area contributed by atoms with Gasteiger partial charge in [0.15, 0.2) is 0 Å². The van der Waals surface area contributed by atoms with Crippen molar-refractivity contribution in [2.75, 3.05) is 32.4 Å². The normalized spacial score (nSPS) is 21.8. The lowest BCUT2D eigenvalue weighted by Crippen LogP contribution is -2.35. The van der Waals surface area contributed by atoms with Crippen LogP contribution in [0.1, 0.15) is 46.0 Å². The molecule has 1 aliphatic rings. The molecule has 7 nitrogen and oxygen atoms in total. The minimum absolute atomic E-state index is 0.00458. The summed E-state index contributed by atoms with van der Waals surface area (Å²) in [7, 11) is -3.34. The highest BCUT2D eigenvalue weighted by Crippen LogP contribution is 2.14. The van der Waals surface area contributed by atoms with E-state index >= 15 is 0 Å². The van der Waals surface area contributed by atoms with E-state index in [9.17, 15) is 18.0 Å². The van der Waals surface area contributed by atoms with Crippen LogP contribution in [0, 0.1) is 11.8 Å².